The van der Waals surface area contributed by atoms with Gasteiger partial charge in [-0.1, -0.05) is 22.0 Å². The molecular weight excluding hydrogens is 294 g/mol. The summed E-state index contributed by atoms with van der Waals surface area (Å²) in [5.41, 5.74) is 10.0. The molecule has 2 rings (SSSR count). The lowest BCUT2D eigenvalue weighted by atomic mass is 9.98. The van der Waals surface area contributed by atoms with E-state index in [1.165, 1.54) is 26.4 Å². The van der Waals surface area contributed by atoms with E-state index in [1.54, 1.807) is 11.3 Å². The largest absolute Gasteiger partial charge is 0.320 e. The van der Waals surface area contributed by atoms with E-state index in [9.17, 15) is 0 Å². The van der Waals surface area contributed by atoms with Gasteiger partial charge in [0.15, 0.2) is 0 Å². The maximum Gasteiger partial charge on any atom is 0.0648 e. The minimum Gasteiger partial charge on any atom is -0.320 e. The zero-order chi connectivity index (χ0) is 12.6. The molecule has 90 valence electrons. The molecule has 2 N–H and O–H groups in total. The molecule has 2 aromatic rings. The van der Waals surface area contributed by atoms with Crippen LogP contribution in [0.5, 0.6) is 0 Å². The van der Waals surface area contributed by atoms with Crippen LogP contribution < -0.4 is 5.73 Å². The molecule has 0 fully saturated rings. The Morgan fingerprint density at radius 1 is 1.12 bits per heavy atom. The third-order valence-electron chi connectivity index (χ3n) is 2.95. The highest BCUT2D eigenvalue weighted by atomic mass is 79.9. The SMILES string of the molecule is Cc1ccc(C(N)c2cc(C)c(Br)cc2C)s1. The molecule has 1 heterocycles. The van der Waals surface area contributed by atoms with Gasteiger partial charge in [0.2, 0.25) is 0 Å². The quantitative estimate of drug-likeness (QED) is 0.869. The lowest BCUT2D eigenvalue weighted by molar-refractivity contribution is 0.879. The van der Waals surface area contributed by atoms with E-state index in [0.717, 1.165) is 4.47 Å². The Morgan fingerprint density at radius 3 is 2.41 bits per heavy atom. The van der Waals surface area contributed by atoms with Gasteiger partial charge in [-0.25, -0.2) is 0 Å². The molecule has 1 atom stereocenters. The average molecular weight is 310 g/mol. The summed E-state index contributed by atoms with van der Waals surface area (Å²) < 4.78 is 1.15. The van der Waals surface area contributed by atoms with Gasteiger partial charge in [0.05, 0.1) is 6.04 Å². The normalized spacial score (nSPS) is 12.8. The Labute approximate surface area is 115 Å². The van der Waals surface area contributed by atoms with Gasteiger partial charge in [-0.15, -0.1) is 11.3 Å². The molecule has 1 aromatic heterocycles. The van der Waals surface area contributed by atoms with Crippen LogP contribution in [0, 0.1) is 20.8 Å². The van der Waals surface area contributed by atoms with E-state index >= 15 is 0 Å². The van der Waals surface area contributed by atoms with Crippen LogP contribution in [0.25, 0.3) is 0 Å². The summed E-state index contributed by atoms with van der Waals surface area (Å²) in [4.78, 5) is 2.54. The molecule has 1 nitrogen and oxygen atoms in total. The Kier molecular flexibility index (Phi) is 3.71. The van der Waals surface area contributed by atoms with E-state index in [2.05, 4.69) is 61.0 Å². The molecule has 0 aliphatic carbocycles. The first-order chi connectivity index (χ1) is 7.99. The van der Waals surface area contributed by atoms with Gasteiger partial charge in [0, 0.05) is 14.2 Å². The minimum absolute atomic E-state index is 0.0134. The summed E-state index contributed by atoms with van der Waals surface area (Å²) in [7, 11) is 0. The van der Waals surface area contributed by atoms with Gasteiger partial charge in [-0.2, -0.15) is 0 Å². The molecule has 0 amide bonds. The number of rotatable bonds is 2. The molecular formula is C14H16BrNS. The van der Waals surface area contributed by atoms with Crippen LogP contribution in [0.15, 0.2) is 28.7 Å². The van der Waals surface area contributed by atoms with Crippen molar-refractivity contribution in [3.05, 3.63) is 55.2 Å². The monoisotopic (exact) mass is 309 g/mol. The van der Waals surface area contributed by atoms with Gasteiger partial charge in [-0.3, -0.25) is 0 Å². The molecule has 0 aliphatic heterocycles. The summed E-state index contributed by atoms with van der Waals surface area (Å²) in [6, 6.07) is 8.56. The summed E-state index contributed by atoms with van der Waals surface area (Å²) in [6.07, 6.45) is 0. The topological polar surface area (TPSA) is 26.0 Å². The van der Waals surface area contributed by atoms with E-state index in [1.807, 2.05) is 0 Å². The minimum atomic E-state index is -0.0134. The lowest BCUT2D eigenvalue weighted by Gasteiger charge is -2.15. The van der Waals surface area contributed by atoms with Crippen LogP contribution >= 0.6 is 27.3 Å². The van der Waals surface area contributed by atoms with Gasteiger partial charge in [0.1, 0.15) is 0 Å². The number of aryl methyl sites for hydroxylation is 3. The Hall–Kier alpha value is -0.640. The number of hydrogen-bond acceptors (Lipinski definition) is 2. The fraction of sp³-hybridized carbons (Fsp3) is 0.286. The second-order valence-electron chi connectivity index (χ2n) is 4.38. The van der Waals surface area contributed by atoms with Gasteiger partial charge in [-0.05, 0) is 55.7 Å². The maximum atomic E-state index is 6.34. The van der Waals surface area contributed by atoms with Gasteiger partial charge < -0.3 is 5.73 Å². The fourth-order valence-corrected chi connectivity index (χ4v) is 3.27. The van der Waals surface area contributed by atoms with Crippen molar-refractivity contribution in [2.24, 2.45) is 5.73 Å². The van der Waals surface area contributed by atoms with Crippen molar-refractivity contribution in [2.45, 2.75) is 26.8 Å². The van der Waals surface area contributed by atoms with Crippen LogP contribution in [-0.2, 0) is 0 Å². The molecule has 0 saturated carbocycles. The molecule has 17 heavy (non-hydrogen) atoms. The van der Waals surface area contributed by atoms with Crippen LogP contribution in [0.3, 0.4) is 0 Å². The molecule has 0 saturated heterocycles. The summed E-state index contributed by atoms with van der Waals surface area (Å²) in [5, 5.41) is 0. The van der Waals surface area contributed by atoms with Crippen molar-refractivity contribution in [3.63, 3.8) is 0 Å². The van der Waals surface area contributed by atoms with Gasteiger partial charge >= 0.3 is 0 Å². The van der Waals surface area contributed by atoms with E-state index in [4.69, 9.17) is 5.73 Å². The summed E-state index contributed by atoms with van der Waals surface area (Å²) >= 11 is 5.32. The highest BCUT2D eigenvalue weighted by Gasteiger charge is 2.14. The van der Waals surface area contributed by atoms with E-state index in [-0.39, 0.29) is 6.04 Å². The highest BCUT2D eigenvalue weighted by Crippen LogP contribution is 2.31. The second kappa shape index (κ2) is 4.92. The van der Waals surface area contributed by atoms with Crippen LogP contribution in [0.4, 0.5) is 0 Å². The van der Waals surface area contributed by atoms with Gasteiger partial charge in [0.25, 0.3) is 0 Å². The molecule has 1 aromatic carbocycles. The zero-order valence-corrected chi connectivity index (χ0v) is 12.7. The predicted molar refractivity (Wildman–Crippen MR) is 78.7 cm³/mol. The predicted octanol–water partition coefficient (Wildman–Crippen LogP) is 4.48. The first kappa shape index (κ1) is 12.8. The average Bonchev–Trinajstić information content (AvgIpc) is 2.69. The highest BCUT2D eigenvalue weighted by molar-refractivity contribution is 9.10. The van der Waals surface area contributed by atoms with Crippen molar-refractivity contribution in [1.82, 2.24) is 0 Å². The van der Waals surface area contributed by atoms with E-state index in [0.29, 0.717) is 0 Å². The number of halogens is 1. The van der Waals surface area contributed by atoms with Crippen LogP contribution in [0.1, 0.15) is 32.5 Å². The molecule has 1 unspecified atom stereocenters. The first-order valence-electron chi connectivity index (χ1n) is 5.57. The summed E-state index contributed by atoms with van der Waals surface area (Å²) in [6.45, 7) is 6.32. The first-order valence-corrected chi connectivity index (χ1v) is 7.18. The van der Waals surface area contributed by atoms with Crippen molar-refractivity contribution in [3.8, 4) is 0 Å². The molecule has 0 bridgehead atoms. The summed E-state index contributed by atoms with van der Waals surface area (Å²) in [5.74, 6) is 0. The third-order valence-corrected chi connectivity index (χ3v) is 4.89. The standard InChI is InChI=1S/C14H16BrNS/c1-8-7-12(15)9(2)6-11(8)14(16)13-5-4-10(3)17-13/h4-7,14H,16H2,1-3H3. The molecule has 0 spiro atoms. The Morgan fingerprint density at radius 2 is 1.82 bits per heavy atom. The van der Waals surface area contributed by atoms with Crippen molar-refractivity contribution >= 4 is 27.3 Å². The lowest BCUT2D eigenvalue weighted by Crippen LogP contribution is -2.12. The number of benzene rings is 1. The second-order valence-corrected chi connectivity index (χ2v) is 6.56. The smallest absolute Gasteiger partial charge is 0.0648 e. The van der Waals surface area contributed by atoms with E-state index < -0.39 is 0 Å². The van der Waals surface area contributed by atoms with Crippen LogP contribution in [-0.4, -0.2) is 0 Å². The van der Waals surface area contributed by atoms with Crippen molar-refractivity contribution in [2.75, 3.05) is 0 Å². The molecule has 0 aliphatic rings. The number of nitrogens with two attached hydrogens (primary N) is 1. The van der Waals surface area contributed by atoms with Crippen molar-refractivity contribution < 1.29 is 0 Å². The fourth-order valence-electron chi connectivity index (χ4n) is 1.91. The van der Waals surface area contributed by atoms with Crippen LogP contribution in [0.2, 0.25) is 0 Å². The molecule has 0 radical (unpaired) electrons. The number of hydrogen-bond donors (Lipinski definition) is 1. The van der Waals surface area contributed by atoms with Crippen molar-refractivity contribution in [1.29, 1.82) is 0 Å². The third kappa shape index (κ3) is 2.62. The molecule has 3 heteroatoms. The zero-order valence-electron chi connectivity index (χ0n) is 10.3. The number of thiophene rings is 1. The Bertz CT molecular complexity index is 545. The maximum absolute atomic E-state index is 6.34. The Balaban J connectivity index is 2.43.